The molecule has 7 heteroatoms. The fourth-order valence-corrected chi connectivity index (χ4v) is 2.94. The third kappa shape index (κ3) is 5.08. The summed E-state index contributed by atoms with van der Waals surface area (Å²) < 4.78 is 16.7. The van der Waals surface area contributed by atoms with Crippen LogP contribution in [0.25, 0.3) is 22.8 Å². The molecule has 0 unspecified atom stereocenters. The maximum atomic E-state index is 11.1. The maximum Gasteiger partial charge on any atom is 0.258 e. The molecule has 3 aromatic carbocycles. The lowest BCUT2D eigenvalue weighted by atomic mass is 10.2. The van der Waals surface area contributed by atoms with Gasteiger partial charge in [-0.2, -0.15) is 4.98 Å². The summed E-state index contributed by atoms with van der Waals surface area (Å²) >= 11 is 0. The van der Waals surface area contributed by atoms with Crippen molar-refractivity contribution in [1.29, 1.82) is 0 Å². The van der Waals surface area contributed by atoms with E-state index in [0.717, 1.165) is 22.6 Å². The van der Waals surface area contributed by atoms with E-state index in [4.69, 9.17) is 14.0 Å². The SMILES string of the molecule is CCOc1ccc(-c2nc(-c3ccc(Oc4ccc(NC(C)=O)cc4)cc3)no2)cc1. The molecule has 0 aliphatic rings. The van der Waals surface area contributed by atoms with E-state index in [-0.39, 0.29) is 5.91 Å². The molecule has 0 radical (unpaired) electrons. The van der Waals surface area contributed by atoms with Crippen LogP contribution in [-0.2, 0) is 4.79 Å². The third-order valence-corrected chi connectivity index (χ3v) is 4.36. The second-order valence-electron chi connectivity index (χ2n) is 6.71. The average molecular weight is 415 g/mol. The number of ether oxygens (including phenoxy) is 2. The predicted octanol–water partition coefficient (Wildman–Crippen LogP) is 5.55. The Kier molecular flexibility index (Phi) is 5.93. The Morgan fingerprint density at radius 2 is 1.45 bits per heavy atom. The number of aromatic nitrogens is 2. The van der Waals surface area contributed by atoms with Gasteiger partial charge in [-0.1, -0.05) is 5.16 Å². The van der Waals surface area contributed by atoms with E-state index >= 15 is 0 Å². The van der Waals surface area contributed by atoms with Crippen molar-refractivity contribution in [1.82, 2.24) is 10.1 Å². The van der Waals surface area contributed by atoms with Crippen LogP contribution in [0.5, 0.6) is 17.2 Å². The van der Waals surface area contributed by atoms with Crippen LogP contribution in [0.2, 0.25) is 0 Å². The summed E-state index contributed by atoms with van der Waals surface area (Å²) in [5.41, 5.74) is 2.36. The van der Waals surface area contributed by atoms with Crippen molar-refractivity contribution in [2.45, 2.75) is 13.8 Å². The summed E-state index contributed by atoms with van der Waals surface area (Å²) in [6, 6.07) is 22.1. The molecule has 0 saturated heterocycles. The molecule has 1 amide bonds. The molecule has 0 fully saturated rings. The second kappa shape index (κ2) is 9.13. The molecule has 7 nitrogen and oxygen atoms in total. The van der Waals surface area contributed by atoms with Gasteiger partial charge in [-0.25, -0.2) is 0 Å². The summed E-state index contributed by atoms with van der Waals surface area (Å²) in [6.07, 6.45) is 0. The van der Waals surface area contributed by atoms with E-state index in [2.05, 4.69) is 15.5 Å². The highest BCUT2D eigenvalue weighted by molar-refractivity contribution is 5.88. The molecule has 1 heterocycles. The largest absolute Gasteiger partial charge is 0.494 e. The zero-order valence-electron chi connectivity index (χ0n) is 17.2. The number of hydrogen-bond acceptors (Lipinski definition) is 6. The highest BCUT2D eigenvalue weighted by atomic mass is 16.5. The minimum atomic E-state index is -0.114. The number of rotatable bonds is 7. The van der Waals surface area contributed by atoms with Crippen LogP contribution in [0.4, 0.5) is 5.69 Å². The van der Waals surface area contributed by atoms with E-state index in [1.54, 1.807) is 24.3 Å². The molecule has 0 spiro atoms. The Hall–Kier alpha value is -4.13. The van der Waals surface area contributed by atoms with Gasteiger partial charge in [0.1, 0.15) is 17.2 Å². The molecule has 4 aromatic rings. The Morgan fingerprint density at radius 3 is 2.06 bits per heavy atom. The summed E-state index contributed by atoms with van der Waals surface area (Å²) in [5, 5.41) is 6.80. The first-order valence-corrected chi connectivity index (χ1v) is 9.83. The number of benzene rings is 3. The van der Waals surface area contributed by atoms with E-state index in [0.29, 0.717) is 29.8 Å². The number of carbonyl (C=O) groups excluding carboxylic acids is 1. The Labute approximate surface area is 179 Å². The molecule has 31 heavy (non-hydrogen) atoms. The topological polar surface area (TPSA) is 86.5 Å². The predicted molar refractivity (Wildman–Crippen MR) is 117 cm³/mol. The van der Waals surface area contributed by atoms with Crippen molar-refractivity contribution < 1.29 is 18.8 Å². The number of anilines is 1. The lowest BCUT2D eigenvalue weighted by Crippen LogP contribution is -2.05. The molecule has 1 aromatic heterocycles. The first kappa shape index (κ1) is 20.2. The summed E-state index contributed by atoms with van der Waals surface area (Å²) in [6.45, 7) is 4.03. The van der Waals surface area contributed by atoms with Gasteiger partial charge in [-0.3, -0.25) is 4.79 Å². The third-order valence-electron chi connectivity index (χ3n) is 4.36. The summed E-state index contributed by atoms with van der Waals surface area (Å²) in [7, 11) is 0. The van der Waals surface area contributed by atoms with Gasteiger partial charge in [0.2, 0.25) is 11.7 Å². The normalized spacial score (nSPS) is 10.5. The molecule has 156 valence electrons. The first-order valence-electron chi connectivity index (χ1n) is 9.83. The molecule has 0 saturated carbocycles. The highest BCUT2D eigenvalue weighted by Gasteiger charge is 2.11. The van der Waals surface area contributed by atoms with Crippen LogP contribution in [0, 0.1) is 0 Å². The highest BCUT2D eigenvalue weighted by Crippen LogP contribution is 2.27. The zero-order valence-corrected chi connectivity index (χ0v) is 17.2. The monoisotopic (exact) mass is 415 g/mol. The Balaban J connectivity index is 1.43. The van der Waals surface area contributed by atoms with E-state index in [1.807, 2.05) is 55.5 Å². The Bertz CT molecular complexity index is 1150. The van der Waals surface area contributed by atoms with E-state index < -0.39 is 0 Å². The number of nitrogens with zero attached hydrogens (tertiary/aromatic N) is 2. The number of hydrogen-bond donors (Lipinski definition) is 1. The Morgan fingerprint density at radius 1 is 0.871 bits per heavy atom. The van der Waals surface area contributed by atoms with Gasteiger partial charge in [0.15, 0.2) is 0 Å². The van der Waals surface area contributed by atoms with Crippen LogP contribution in [0.15, 0.2) is 77.3 Å². The molecule has 0 aliphatic carbocycles. The van der Waals surface area contributed by atoms with Crippen LogP contribution >= 0.6 is 0 Å². The van der Waals surface area contributed by atoms with Crippen molar-refractivity contribution in [2.24, 2.45) is 0 Å². The molecule has 0 aliphatic heterocycles. The average Bonchev–Trinajstić information content (AvgIpc) is 3.26. The standard InChI is InChI=1S/C24H21N3O4/c1-3-29-20-10-6-18(7-11-20)24-26-23(27-31-24)17-4-12-21(13-5-17)30-22-14-8-19(9-15-22)25-16(2)28/h4-15H,3H2,1-2H3,(H,25,28). The van der Waals surface area contributed by atoms with Crippen LogP contribution in [-0.4, -0.2) is 22.7 Å². The minimum absolute atomic E-state index is 0.114. The van der Waals surface area contributed by atoms with Gasteiger partial charge >= 0.3 is 0 Å². The van der Waals surface area contributed by atoms with Crippen LogP contribution in [0.1, 0.15) is 13.8 Å². The van der Waals surface area contributed by atoms with Crippen molar-refractivity contribution in [2.75, 3.05) is 11.9 Å². The van der Waals surface area contributed by atoms with Crippen molar-refractivity contribution >= 4 is 11.6 Å². The van der Waals surface area contributed by atoms with E-state index in [1.165, 1.54) is 6.92 Å². The molecular formula is C24H21N3O4. The molecule has 1 N–H and O–H groups in total. The summed E-state index contributed by atoms with van der Waals surface area (Å²) in [4.78, 5) is 15.6. The first-order chi connectivity index (χ1) is 15.1. The van der Waals surface area contributed by atoms with Gasteiger partial charge in [-0.15, -0.1) is 0 Å². The van der Waals surface area contributed by atoms with Gasteiger partial charge in [0, 0.05) is 23.7 Å². The second-order valence-corrected chi connectivity index (χ2v) is 6.71. The molecule has 4 rings (SSSR count). The van der Waals surface area contributed by atoms with Crippen LogP contribution in [0.3, 0.4) is 0 Å². The lowest BCUT2D eigenvalue weighted by molar-refractivity contribution is -0.114. The maximum absolute atomic E-state index is 11.1. The van der Waals surface area contributed by atoms with Crippen molar-refractivity contribution in [3.8, 4) is 40.1 Å². The van der Waals surface area contributed by atoms with Crippen LogP contribution < -0.4 is 14.8 Å². The number of nitrogens with one attached hydrogen (secondary N) is 1. The van der Waals surface area contributed by atoms with E-state index in [9.17, 15) is 4.79 Å². The van der Waals surface area contributed by atoms with Crippen molar-refractivity contribution in [3.05, 3.63) is 72.8 Å². The van der Waals surface area contributed by atoms with Crippen molar-refractivity contribution in [3.63, 3.8) is 0 Å². The number of carbonyl (C=O) groups is 1. The van der Waals surface area contributed by atoms with Gasteiger partial charge < -0.3 is 19.3 Å². The minimum Gasteiger partial charge on any atom is -0.494 e. The van der Waals surface area contributed by atoms with Gasteiger partial charge in [-0.05, 0) is 79.7 Å². The van der Waals surface area contributed by atoms with Gasteiger partial charge in [0.25, 0.3) is 5.89 Å². The smallest absolute Gasteiger partial charge is 0.258 e. The lowest BCUT2D eigenvalue weighted by Gasteiger charge is -2.07. The fraction of sp³-hybridized carbons (Fsp3) is 0.125. The molecular weight excluding hydrogens is 394 g/mol. The zero-order chi connectivity index (χ0) is 21.6. The quantitative estimate of drug-likeness (QED) is 0.426. The molecule has 0 atom stereocenters. The molecule has 0 bridgehead atoms. The fourth-order valence-electron chi connectivity index (χ4n) is 2.94. The number of amides is 1. The summed E-state index contributed by atoms with van der Waals surface area (Å²) in [5.74, 6) is 2.96. The van der Waals surface area contributed by atoms with Gasteiger partial charge in [0.05, 0.1) is 6.61 Å².